The van der Waals surface area contributed by atoms with Crippen molar-refractivity contribution in [2.75, 3.05) is 0 Å². The molecule has 122 valence electrons. The SMILES string of the molecule is CC(C)n1c(N=Cc2cc([N+](=O)[O-])ccc2O)nc2ccccc21. The summed E-state index contributed by atoms with van der Waals surface area (Å²) in [7, 11) is 0. The maximum absolute atomic E-state index is 10.9. The number of rotatable bonds is 4. The fourth-order valence-electron chi connectivity index (χ4n) is 2.52. The Morgan fingerprint density at radius 2 is 2.04 bits per heavy atom. The molecule has 0 fully saturated rings. The van der Waals surface area contributed by atoms with Crippen LogP contribution in [0.5, 0.6) is 5.75 Å². The van der Waals surface area contributed by atoms with Crippen LogP contribution in [0.3, 0.4) is 0 Å². The van der Waals surface area contributed by atoms with Crippen molar-refractivity contribution in [2.24, 2.45) is 4.99 Å². The lowest BCUT2D eigenvalue weighted by atomic mass is 10.2. The maximum Gasteiger partial charge on any atom is 0.270 e. The van der Waals surface area contributed by atoms with Crippen molar-refractivity contribution in [1.82, 2.24) is 9.55 Å². The molecular weight excluding hydrogens is 308 g/mol. The third-order valence-corrected chi connectivity index (χ3v) is 3.63. The number of nitrogens with zero attached hydrogens (tertiary/aromatic N) is 4. The van der Waals surface area contributed by atoms with Crippen molar-refractivity contribution in [3.05, 3.63) is 58.1 Å². The topological polar surface area (TPSA) is 93.5 Å². The average molecular weight is 324 g/mol. The number of benzene rings is 2. The fraction of sp³-hybridized carbons (Fsp3) is 0.176. The van der Waals surface area contributed by atoms with Gasteiger partial charge in [-0.15, -0.1) is 0 Å². The van der Waals surface area contributed by atoms with Gasteiger partial charge in [0.2, 0.25) is 5.95 Å². The van der Waals surface area contributed by atoms with Crippen LogP contribution in [0.25, 0.3) is 11.0 Å². The number of nitro benzene ring substituents is 1. The van der Waals surface area contributed by atoms with Gasteiger partial charge in [-0.3, -0.25) is 10.1 Å². The predicted octanol–water partition coefficient (Wildman–Crippen LogP) is 3.98. The average Bonchev–Trinajstić information content (AvgIpc) is 2.92. The molecule has 0 radical (unpaired) electrons. The van der Waals surface area contributed by atoms with Crippen molar-refractivity contribution in [1.29, 1.82) is 0 Å². The summed E-state index contributed by atoms with van der Waals surface area (Å²) < 4.78 is 1.97. The molecule has 1 heterocycles. The molecule has 0 bridgehead atoms. The number of hydrogen-bond acceptors (Lipinski definition) is 5. The summed E-state index contributed by atoms with van der Waals surface area (Å²) in [5.41, 5.74) is 1.95. The smallest absolute Gasteiger partial charge is 0.270 e. The van der Waals surface area contributed by atoms with Gasteiger partial charge in [0.25, 0.3) is 5.69 Å². The molecule has 0 saturated heterocycles. The standard InChI is InChI=1S/C17H16N4O3/c1-11(2)20-15-6-4-3-5-14(15)19-17(20)18-10-12-9-13(21(23)24)7-8-16(12)22/h3-11,22H,1-2H3. The Kier molecular flexibility index (Phi) is 3.99. The number of non-ortho nitro benzene ring substituents is 1. The predicted molar refractivity (Wildman–Crippen MR) is 92.1 cm³/mol. The van der Waals surface area contributed by atoms with E-state index in [4.69, 9.17) is 0 Å². The Morgan fingerprint density at radius 3 is 2.75 bits per heavy atom. The molecule has 1 aromatic heterocycles. The molecular formula is C17H16N4O3. The first kappa shape index (κ1) is 15.7. The van der Waals surface area contributed by atoms with Crippen LogP contribution < -0.4 is 0 Å². The highest BCUT2D eigenvalue weighted by atomic mass is 16.6. The second-order valence-corrected chi connectivity index (χ2v) is 5.62. The Morgan fingerprint density at radius 1 is 1.29 bits per heavy atom. The Labute approximate surface area is 138 Å². The number of para-hydroxylation sites is 2. The number of aromatic nitrogens is 2. The molecule has 7 heteroatoms. The molecule has 0 amide bonds. The van der Waals surface area contributed by atoms with Crippen molar-refractivity contribution < 1.29 is 10.0 Å². The second kappa shape index (κ2) is 6.11. The van der Waals surface area contributed by atoms with Gasteiger partial charge in [-0.05, 0) is 32.0 Å². The molecule has 0 aliphatic rings. The van der Waals surface area contributed by atoms with Crippen molar-refractivity contribution >= 4 is 28.9 Å². The van der Waals surface area contributed by atoms with Gasteiger partial charge in [0.15, 0.2) is 0 Å². The largest absolute Gasteiger partial charge is 0.507 e. The molecule has 0 unspecified atom stereocenters. The highest BCUT2D eigenvalue weighted by Gasteiger charge is 2.13. The first-order chi connectivity index (χ1) is 11.5. The van der Waals surface area contributed by atoms with E-state index in [-0.39, 0.29) is 23.0 Å². The lowest BCUT2D eigenvalue weighted by Crippen LogP contribution is -2.00. The van der Waals surface area contributed by atoms with E-state index in [1.165, 1.54) is 24.4 Å². The van der Waals surface area contributed by atoms with Gasteiger partial charge < -0.3 is 9.67 Å². The van der Waals surface area contributed by atoms with Crippen LogP contribution in [0, 0.1) is 10.1 Å². The highest BCUT2D eigenvalue weighted by Crippen LogP contribution is 2.27. The van der Waals surface area contributed by atoms with Crippen LogP contribution in [0.2, 0.25) is 0 Å². The summed E-state index contributed by atoms with van der Waals surface area (Å²) in [6.45, 7) is 4.05. The minimum atomic E-state index is -0.514. The molecule has 0 saturated carbocycles. The van der Waals surface area contributed by atoms with Gasteiger partial charge in [-0.25, -0.2) is 9.98 Å². The summed E-state index contributed by atoms with van der Waals surface area (Å²) in [6, 6.07) is 11.7. The van der Waals surface area contributed by atoms with Gasteiger partial charge in [-0.2, -0.15) is 0 Å². The van der Waals surface area contributed by atoms with E-state index in [0.717, 1.165) is 11.0 Å². The Balaban J connectivity index is 2.07. The van der Waals surface area contributed by atoms with E-state index in [2.05, 4.69) is 9.98 Å². The van der Waals surface area contributed by atoms with Gasteiger partial charge in [0.1, 0.15) is 5.75 Å². The lowest BCUT2D eigenvalue weighted by molar-refractivity contribution is -0.384. The first-order valence-corrected chi connectivity index (χ1v) is 7.46. The Hall–Kier alpha value is -3.22. The maximum atomic E-state index is 10.9. The van der Waals surface area contributed by atoms with Crippen LogP contribution in [0.15, 0.2) is 47.5 Å². The summed E-state index contributed by atoms with van der Waals surface area (Å²) in [4.78, 5) is 19.2. The lowest BCUT2D eigenvalue weighted by Gasteiger charge is -2.10. The van der Waals surface area contributed by atoms with Crippen molar-refractivity contribution in [3.8, 4) is 5.75 Å². The van der Waals surface area contributed by atoms with Crippen molar-refractivity contribution in [3.63, 3.8) is 0 Å². The van der Waals surface area contributed by atoms with Gasteiger partial charge in [0, 0.05) is 30.0 Å². The third-order valence-electron chi connectivity index (χ3n) is 3.63. The molecule has 1 N–H and O–H groups in total. The monoisotopic (exact) mass is 324 g/mol. The molecule has 24 heavy (non-hydrogen) atoms. The number of imidazole rings is 1. The van der Waals surface area contributed by atoms with Crippen LogP contribution >= 0.6 is 0 Å². The number of fused-ring (bicyclic) bond motifs is 1. The van der Waals surface area contributed by atoms with Crippen LogP contribution in [-0.4, -0.2) is 25.8 Å². The van der Waals surface area contributed by atoms with Gasteiger partial charge in [0.05, 0.1) is 16.0 Å². The molecule has 0 spiro atoms. The number of hydrogen-bond donors (Lipinski definition) is 1. The van der Waals surface area contributed by atoms with Crippen LogP contribution in [0.1, 0.15) is 25.5 Å². The molecule has 3 rings (SSSR count). The molecule has 7 nitrogen and oxygen atoms in total. The van der Waals surface area contributed by atoms with Crippen LogP contribution in [0.4, 0.5) is 11.6 Å². The van der Waals surface area contributed by atoms with E-state index in [9.17, 15) is 15.2 Å². The van der Waals surface area contributed by atoms with E-state index in [1.54, 1.807) is 0 Å². The van der Waals surface area contributed by atoms with E-state index in [1.807, 2.05) is 42.7 Å². The minimum Gasteiger partial charge on any atom is -0.507 e. The quantitative estimate of drug-likeness (QED) is 0.446. The zero-order chi connectivity index (χ0) is 17.3. The number of phenols is 1. The minimum absolute atomic E-state index is 0.0726. The van der Waals surface area contributed by atoms with Gasteiger partial charge in [-0.1, -0.05) is 12.1 Å². The molecule has 2 aromatic carbocycles. The summed E-state index contributed by atoms with van der Waals surface area (Å²) in [6.07, 6.45) is 1.39. The Bertz CT molecular complexity index is 944. The molecule has 0 atom stereocenters. The molecule has 3 aromatic rings. The van der Waals surface area contributed by atoms with E-state index >= 15 is 0 Å². The van der Waals surface area contributed by atoms with Crippen molar-refractivity contribution in [2.45, 2.75) is 19.9 Å². The zero-order valence-electron chi connectivity index (χ0n) is 13.2. The first-order valence-electron chi connectivity index (χ1n) is 7.46. The highest BCUT2D eigenvalue weighted by molar-refractivity contribution is 5.87. The number of aliphatic imine (C=N–C) groups is 1. The fourth-order valence-corrected chi connectivity index (χ4v) is 2.52. The van der Waals surface area contributed by atoms with E-state index < -0.39 is 4.92 Å². The summed E-state index contributed by atoms with van der Waals surface area (Å²) >= 11 is 0. The van der Waals surface area contributed by atoms with E-state index in [0.29, 0.717) is 5.95 Å². The molecule has 0 aliphatic heterocycles. The number of phenolic OH excluding ortho intramolecular Hbond substituents is 1. The van der Waals surface area contributed by atoms with Crippen LogP contribution in [-0.2, 0) is 0 Å². The van der Waals surface area contributed by atoms with Gasteiger partial charge >= 0.3 is 0 Å². The third kappa shape index (κ3) is 2.83. The zero-order valence-corrected chi connectivity index (χ0v) is 13.2. The summed E-state index contributed by atoms with van der Waals surface area (Å²) in [5, 5.41) is 20.7. The summed E-state index contributed by atoms with van der Waals surface area (Å²) in [5.74, 6) is 0.411. The second-order valence-electron chi connectivity index (χ2n) is 5.62. The number of nitro groups is 1. The number of aromatic hydroxyl groups is 1. The normalized spacial score (nSPS) is 11.6. The molecule has 0 aliphatic carbocycles.